The van der Waals surface area contributed by atoms with E-state index in [1.807, 2.05) is 0 Å². The number of hydrogen-bond acceptors (Lipinski definition) is 5. The van der Waals surface area contributed by atoms with Gasteiger partial charge in [-0.05, 0) is 38.5 Å². The quantitative estimate of drug-likeness (QED) is 0.840. The highest BCUT2D eigenvalue weighted by Crippen LogP contribution is 2.26. The predicted molar refractivity (Wildman–Crippen MR) is 82.3 cm³/mol. The smallest absolute Gasteiger partial charge is 0.250 e. The van der Waals surface area contributed by atoms with Crippen LogP contribution in [0, 0.1) is 13.8 Å². The third-order valence-electron chi connectivity index (χ3n) is 2.96. The average Bonchev–Trinajstić information content (AvgIpc) is 2.95. The summed E-state index contributed by atoms with van der Waals surface area (Å²) in [7, 11) is -3.57. The van der Waals surface area contributed by atoms with Gasteiger partial charge >= 0.3 is 0 Å². The van der Waals surface area contributed by atoms with E-state index in [1.54, 1.807) is 19.9 Å². The van der Waals surface area contributed by atoms with E-state index in [0.29, 0.717) is 15.7 Å². The first-order chi connectivity index (χ1) is 9.79. The molecule has 2 rings (SSSR count). The van der Waals surface area contributed by atoms with E-state index in [0.717, 1.165) is 17.1 Å². The van der Waals surface area contributed by atoms with Gasteiger partial charge in [-0.2, -0.15) is 0 Å². The van der Waals surface area contributed by atoms with Crippen molar-refractivity contribution in [2.45, 2.75) is 30.6 Å². The topological polar surface area (TPSA) is 79.5 Å². The van der Waals surface area contributed by atoms with Crippen molar-refractivity contribution in [2.75, 3.05) is 6.54 Å². The minimum Gasteiger partial charge on any atom is -0.466 e. The van der Waals surface area contributed by atoms with Gasteiger partial charge in [-0.25, -0.2) is 13.1 Å². The third-order valence-corrected chi connectivity index (χ3v) is 6.15. The zero-order valence-corrected chi connectivity index (χ0v) is 14.0. The number of furan rings is 1. The molecule has 0 amide bonds. The summed E-state index contributed by atoms with van der Waals surface area (Å²) in [6.45, 7) is 3.69. The van der Waals surface area contributed by atoms with E-state index in [4.69, 9.17) is 16.0 Å². The molecule has 0 fully saturated rings. The Hall–Kier alpha value is -0.860. The SMILES string of the molecule is Cc1cc([C@H](O)CCNS(=O)(=O)c2ccc(Cl)s2)c(C)o1. The van der Waals surface area contributed by atoms with Crippen molar-refractivity contribution in [2.24, 2.45) is 0 Å². The van der Waals surface area contributed by atoms with Crippen LogP contribution in [0.2, 0.25) is 4.34 Å². The number of aliphatic hydroxyl groups is 1. The zero-order chi connectivity index (χ0) is 15.6. The summed E-state index contributed by atoms with van der Waals surface area (Å²) in [6.07, 6.45) is -0.505. The first-order valence-corrected chi connectivity index (χ1v) is 8.97. The number of aryl methyl sites for hydroxylation is 2. The maximum absolute atomic E-state index is 12.0. The van der Waals surface area contributed by atoms with Crippen LogP contribution < -0.4 is 4.72 Å². The maximum atomic E-state index is 12.0. The Kier molecular flexibility index (Phi) is 5.11. The normalized spacial score (nSPS) is 13.5. The molecule has 8 heteroatoms. The largest absolute Gasteiger partial charge is 0.466 e. The Labute approximate surface area is 132 Å². The molecule has 21 heavy (non-hydrogen) atoms. The molecule has 2 N–H and O–H groups in total. The maximum Gasteiger partial charge on any atom is 0.250 e. The van der Waals surface area contributed by atoms with E-state index < -0.39 is 16.1 Å². The van der Waals surface area contributed by atoms with E-state index in [-0.39, 0.29) is 17.2 Å². The lowest BCUT2D eigenvalue weighted by Gasteiger charge is -2.10. The molecular weight excluding hydrogens is 334 g/mol. The third kappa shape index (κ3) is 4.08. The van der Waals surface area contributed by atoms with Crippen LogP contribution in [0.15, 0.2) is 26.8 Å². The van der Waals surface area contributed by atoms with Gasteiger partial charge in [0.25, 0.3) is 0 Å². The van der Waals surface area contributed by atoms with Gasteiger partial charge in [0.15, 0.2) is 0 Å². The number of sulfonamides is 1. The summed E-state index contributed by atoms with van der Waals surface area (Å²) < 4.78 is 32.3. The number of halogens is 1. The Bertz CT molecular complexity index is 720. The molecule has 0 aromatic carbocycles. The van der Waals surface area contributed by atoms with Gasteiger partial charge in [0, 0.05) is 12.1 Å². The fraction of sp³-hybridized carbons (Fsp3) is 0.385. The van der Waals surface area contributed by atoms with Gasteiger partial charge in [0.2, 0.25) is 10.0 Å². The molecule has 116 valence electrons. The Balaban J connectivity index is 1.93. The summed E-state index contributed by atoms with van der Waals surface area (Å²) in [6, 6.07) is 4.75. The van der Waals surface area contributed by atoms with Crippen molar-refractivity contribution in [1.82, 2.24) is 4.72 Å². The minimum absolute atomic E-state index is 0.128. The van der Waals surface area contributed by atoms with Gasteiger partial charge < -0.3 is 9.52 Å². The summed E-state index contributed by atoms with van der Waals surface area (Å²) in [5, 5.41) is 10.1. The van der Waals surface area contributed by atoms with Crippen LogP contribution in [0.25, 0.3) is 0 Å². The van der Waals surface area contributed by atoms with Crippen molar-refractivity contribution < 1.29 is 17.9 Å². The molecule has 0 saturated carbocycles. The first-order valence-electron chi connectivity index (χ1n) is 6.29. The second-order valence-electron chi connectivity index (χ2n) is 4.63. The molecule has 1 atom stereocenters. The highest BCUT2D eigenvalue weighted by Gasteiger charge is 2.18. The molecule has 0 aliphatic carbocycles. The molecule has 2 aromatic heterocycles. The van der Waals surface area contributed by atoms with E-state index in [1.165, 1.54) is 12.1 Å². The standard InChI is InChI=1S/C13H16ClNO4S2/c1-8-7-10(9(2)19-8)11(16)5-6-15-21(17,18)13-4-3-12(14)20-13/h3-4,7,11,15-16H,5-6H2,1-2H3/t11-/m1/s1. The van der Waals surface area contributed by atoms with E-state index in [2.05, 4.69) is 4.72 Å². The second kappa shape index (κ2) is 6.50. The fourth-order valence-electron chi connectivity index (χ4n) is 1.98. The molecule has 0 aliphatic rings. The number of rotatable bonds is 6. The van der Waals surface area contributed by atoms with Gasteiger partial charge in [-0.3, -0.25) is 0 Å². The number of hydrogen-bond donors (Lipinski definition) is 2. The van der Waals surface area contributed by atoms with Crippen molar-refractivity contribution in [3.05, 3.63) is 39.6 Å². The summed E-state index contributed by atoms with van der Waals surface area (Å²) in [4.78, 5) is 0. The van der Waals surface area contributed by atoms with Crippen LogP contribution in [-0.4, -0.2) is 20.1 Å². The Morgan fingerprint density at radius 3 is 2.67 bits per heavy atom. The lowest BCUT2D eigenvalue weighted by atomic mass is 10.1. The average molecular weight is 350 g/mol. The zero-order valence-electron chi connectivity index (χ0n) is 11.6. The monoisotopic (exact) mass is 349 g/mol. The fourth-order valence-corrected chi connectivity index (χ4v) is 4.56. The summed E-state index contributed by atoms with van der Waals surface area (Å²) in [5.74, 6) is 1.36. The molecule has 0 spiro atoms. The molecular formula is C13H16ClNO4S2. The second-order valence-corrected chi connectivity index (χ2v) is 8.34. The van der Waals surface area contributed by atoms with E-state index in [9.17, 15) is 13.5 Å². The number of nitrogens with one attached hydrogen (secondary N) is 1. The molecule has 2 heterocycles. The van der Waals surface area contributed by atoms with Crippen LogP contribution in [0.3, 0.4) is 0 Å². The molecule has 0 aliphatic heterocycles. The van der Waals surface area contributed by atoms with Crippen molar-refractivity contribution in [1.29, 1.82) is 0 Å². The highest BCUT2D eigenvalue weighted by molar-refractivity contribution is 7.91. The van der Waals surface area contributed by atoms with Crippen LogP contribution in [0.4, 0.5) is 0 Å². The lowest BCUT2D eigenvalue weighted by molar-refractivity contribution is 0.167. The Morgan fingerprint density at radius 2 is 2.14 bits per heavy atom. The molecule has 0 saturated heterocycles. The molecule has 0 unspecified atom stereocenters. The molecule has 0 bridgehead atoms. The minimum atomic E-state index is -3.57. The first kappa shape index (κ1) is 16.5. The van der Waals surface area contributed by atoms with Crippen LogP contribution in [-0.2, 0) is 10.0 Å². The predicted octanol–water partition coefficient (Wildman–Crippen LogP) is 3.01. The lowest BCUT2D eigenvalue weighted by Crippen LogP contribution is -2.25. The molecule has 5 nitrogen and oxygen atoms in total. The number of aliphatic hydroxyl groups excluding tert-OH is 1. The summed E-state index contributed by atoms with van der Waals surface area (Å²) in [5.41, 5.74) is 0.686. The van der Waals surface area contributed by atoms with Crippen molar-refractivity contribution >= 4 is 33.0 Å². The van der Waals surface area contributed by atoms with Gasteiger partial charge in [-0.1, -0.05) is 11.6 Å². The highest BCUT2D eigenvalue weighted by atomic mass is 35.5. The van der Waals surface area contributed by atoms with Crippen LogP contribution in [0.1, 0.15) is 29.6 Å². The van der Waals surface area contributed by atoms with Gasteiger partial charge in [0.05, 0.1) is 10.4 Å². The van der Waals surface area contributed by atoms with Gasteiger partial charge in [0.1, 0.15) is 15.7 Å². The Morgan fingerprint density at radius 1 is 1.43 bits per heavy atom. The number of thiophene rings is 1. The van der Waals surface area contributed by atoms with Crippen molar-refractivity contribution in [3.8, 4) is 0 Å². The molecule has 2 aromatic rings. The van der Waals surface area contributed by atoms with Gasteiger partial charge in [-0.15, -0.1) is 11.3 Å². The van der Waals surface area contributed by atoms with Crippen LogP contribution >= 0.6 is 22.9 Å². The van der Waals surface area contributed by atoms with Crippen molar-refractivity contribution in [3.63, 3.8) is 0 Å². The van der Waals surface area contributed by atoms with Crippen LogP contribution in [0.5, 0.6) is 0 Å². The molecule has 0 radical (unpaired) electrons. The summed E-state index contributed by atoms with van der Waals surface area (Å²) >= 11 is 6.72. The van der Waals surface area contributed by atoms with E-state index >= 15 is 0 Å².